The van der Waals surface area contributed by atoms with Crippen LogP contribution < -0.4 is 0 Å². The third-order valence-corrected chi connectivity index (χ3v) is 4.05. The molecule has 1 unspecified atom stereocenters. The van der Waals surface area contributed by atoms with Gasteiger partial charge in [0.15, 0.2) is 11.4 Å². The van der Waals surface area contributed by atoms with Crippen LogP contribution in [0, 0.1) is 0 Å². The van der Waals surface area contributed by atoms with Crippen LogP contribution in [0.1, 0.15) is 33.5 Å². The van der Waals surface area contributed by atoms with Crippen molar-refractivity contribution in [1.29, 1.82) is 0 Å². The van der Waals surface area contributed by atoms with Gasteiger partial charge < -0.3 is 5.11 Å². The van der Waals surface area contributed by atoms with Crippen molar-refractivity contribution in [2.75, 3.05) is 0 Å². The molecule has 0 saturated carbocycles. The van der Waals surface area contributed by atoms with Crippen molar-refractivity contribution in [3.8, 4) is 0 Å². The summed E-state index contributed by atoms with van der Waals surface area (Å²) < 4.78 is 40.4. The molecule has 1 N–H and O–H groups in total. The van der Waals surface area contributed by atoms with E-state index in [1.165, 1.54) is 18.2 Å². The van der Waals surface area contributed by atoms with Crippen LogP contribution in [0.4, 0.5) is 13.2 Å². The van der Waals surface area contributed by atoms with Crippen molar-refractivity contribution in [1.82, 2.24) is 0 Å². The molecule has 2 aromatic carbocycles. The van der Waals surface area contributed by atoms with Gasteiger partial charge in [0.05, 0.1) is 6.42 Å². The van der Waals surface area contributed by atoms with Crippen LogP contribution in [0.3, 0.4) is 0 Å². The number of hydrogen-bond donors (Lipinski definition) is 1. The van der Waals surface area contributed by atoms with Crippen LogP contribution in [0.5, 0.6) is 0 Å². The molecule has 1 aliphatic carbocycles. The predicted octanol–water partition coefficient (Wildman–Crippen LogP) is 3.61. The average Bonchev–Trinajstić information content (AvgIpc) is 2.45. The lowest BCUT2D eigenvalue weighted by molar-refractivity contribution is -0.265. The minimum Gasteiger partial charge on any atom is -0.376 e. The SMILES string of the molecule is O=C1CC(O)(C(F)(F)F)c2ccccc2Cc2ccccc21. The number of benzene rings is 2. The van der Waals surface area contributed by atoms with Crippen molar-refractivity contribution in [3.63, 3.8) is 0 Å². The smallest absolute Gasteiger partial charge is 0.376 e. The van der Waals surface area contributed by atoms with Gasteiger partial charge in [-0.2, -0.15) is 13.2 Å². The summed E-state index contributed by atoms with van der Waals surface area (Å²) in [5, 5.41) is 10.3. The first-order valence-electron chi connectivity index (χ1n) is 6.81. The van der Waals surface area contributed by atoms with Crippen LogP contribution in [-0.2, 0) is 12.0 Å². The van der Waals surface area contributed by atoms with Gasteiger partial charge in [-0.1, -0.05) is 48.5 Å². The summed E-state index contributed by atoms with van der Waals surface area (Å²) in [5.74, 6) is -0.704. The Labute approximate surface area is 125 Å². The highest BCUT2D eigenvalue weighted by molar-refractivity contribution is 5.98. The summed E-state index contributed by atoms with van der Waals surface area (Å²) in [7, 11) is 0. The normalized spacial score (nSPS) is 21.5. The van der Waals surface area contributed by atoms with Gasteiger partial charge >= 0.3 is 6.18 Å². The number of ketones is 1. The Balaban J connectivity index is 2.26. The van der Waals surface area contributed by atoms with Crippen LogP contribution >= 0.6 is 0 Å². The van der Waals surface area contributed by atoms with Gasteiger partial charge in [0.2, 0.25) is 0 Å². The fraction of sp³-hybridized carbons (Fsp3) is 0.235. The molecule has 22 heavy (non-hydrogen) atoms. The van der Waals surface area contributed by atoms with E-state index in [9.17, 15) is 23.1 Å². The van der Waals surface area contributed by atoms with E-state index in [1.807, 2.05) is 0 Å². The average molecular weight is 306 g/mol. The molecular weight excluding hydrogens is 293 g/mol. The summed E-state index contributed by atoms with van der Waals surface area (Å²) >= 11 is 0. The number of carbonyl (C=O) groups is 1. The third-order valence-electron chi connectivity index (χ3n) is 4.05. The van der Waals surface area contributed by atoms with Gasteiger partial charge in [-0.25, -0.2) is 0 Å². The second-order valence-corrected chi connectivity index (χ2v) is 5.45. The minimum atomic E-state index is -4.93. The fourth-order valence-corrected chi connectivity index (χ4v) is 2.91. The van der Waals surface area contributed by atoms with E-state index in [2.05, 4.69) is 0 Å². The van der Waals surface area contributed by atoms with E-state index in [-0.39, 0.29) is 17.5 Å². The monoisotopic (exact) mass is 306 g/mol. The lowest BCUT2D eigenvalue weighted by Crippen LogP contribution is -2.45. The van der Waals surface area contributed by atoms with Gasteiger partial charge in [-0.05, 0) is 23.1 Å². The largest absolute Gasteiger partial charge is 0.421 e. The molecule has 0 saturated heterocycles. The molecule has 3 rings (SSSR count). The van der Waals surface area contributed by atoms with Crippen LogP contribution in [-0.4, -0.2) is 17.1 Å². The highest BCUT2D eigenvalue weighted by Crippen LogP contribution is 2.45. The second kappa shape index (κ2) is 4.95. The zero-order valence-corrected chi connectivity index (χ0v) is 11.5. The first kappa shape index (κ1) is 14.8. The Morgan fingerprint density at radius 2 is 1.55 bits per heavy atom. The van der Waals surface area contributed by atoms with Gasteiger partial charge in [-0.3, -0.25) is 4.79 Å². The quantitative estimate of drug-likeness (QED) is 0.807. The summed E-state index contributed by atoms with van der Waals surface area (Å²) in [4.78, 5) is 12.3. The molecule has 0 bridgehead atoms. The molecule has 0 radical (unpaired) electrons. The van der Waals surface area contributed by atoms with Gasteiger partial charge in [0.1, 0.15) is 0 Å². The lowest BCUT2D eigenvalue weighted by atomic mass is 9.78. The predicted molar refractivity (Wildman–Crippen MR) is 74.6 cm³/mol. The molecule has 1 aliphatic rings. The van der Waals surface area contributed by atoms with Gasteiger partial charge in [0.25, 0.3) is 0 Å². The number of halogens is 3. The molecule has 2 aromatic rings. The van der Waals surface area contributed by atoms with E-state index in [4.69, 9.17) is 0 Å². The Morgan fingerprint density at radius 1 is 0.955 bits per heavy atom. The summed E-state index contributed by atoms with van der Waals surface area (Å²) in [6.07, 6.45) is -5.76. The number of rotatable bonds is 0. The molecular formula is C17H13F3O2. The van der Waals surface area contributed by atoms with Crippen LogP contribution in [0.15, 0.2) is 48.5 Å². The van der Waals surface area contributed by atoms with Gasteiger partial charge in [-0.15, -0.1) is 0 Å². The lowest BCUT2D eigenvalue weighted by Gasteiger charge is -2.34. The van der Waals surface area contributed by atoms with Crippen molar-refractivity contribution in [2.24, 2.45) is 0 Å². The highest BCUT2D eigenvalue weighted by Gasteiger charge is 2.57. The van der Waals surface area contributed by atoms with Crippen LogP contribution in [0.2, 0.25) is 0 Å². The molecule has 0 heterocycles. The Hall–Kier alpha value is -2.14. The molecule has 1 atom stereocenters. The Morgan fingerprint density at radius 3 is 2.23 bits per heavy atom. The summed E-state index contributed by atoms with van der Waals surface area (Å²) in [5.41, 5.74) is -2.12. The number of carbonyl (C=O) groups excluding carboxylic acids is 1. The molecule has 0 fully saturated rings. The number of Topliss-reactive ketones (excluding diaryl/α,β-unsaturated/α-hetero) is 1. The van der Waals surface area contributed by atoms with Crippen molar-refractivity contribution in [2.45, 2.75) is 24.6 Å². The molecule has 0 spiro atoms. The van der Waals surface area contributed by atoms with Crippen molar-refractivity contribution in [3.05, 3.63) is 70.8 Å². The summed E-state index contributed by atoms with van der Waals surface area (Å²) in [6.45, 7) is 0. The standard InChI is InChI=1S/C17H13F3O2/c18-17(19,20)16(22)10-15(21)13-7-3-1-5-11(13)9-12-6-2-4-8-14(12)16/h1-8,22H,9-10H2. The number of fused-ring (bicyclic) bond motifs is 2. The fourth-order valence-electron chi connectivity index (χ4n) is 2.91. The topological polar surface area (TPSA) is 37.3 Å². The maximum absolute atomic E-state index is 13.5. The third kappa shape index (κ3) is 2.22. The molecule has 114 valence electrons. The molecule has 0 aliphatic heterocycles. The highest BCUT2D eigenvalue weighted by atomic mass is 19.4. The second-order valence-electron chi connectivity index (χ2n) is 5.45. The van der Waals surface area contributed by atoms with Crippen LogP contribution in [0.25, 0.3) is 0 Å². The number of hydrogen-bond acceptors (Lipinski definition) is 2. The van der Waals surface area contributed by atoms with E-state index >= 15 is 0 Å². The molecule has 0 aromatic heterocycles. The molecule has 0 amide bonds. The number of aliphatic hydroxyl groups is 1. The van der Waals surface area contributed by atoms with E-state index in [1.54, 1.807) is 30.3 Å². The molecule has 2 nitrogen and oxygen atoms in total. The van der Waals surface area contributed by atoms with Gasteiger partial charge in [0, 0.05) is 5.56 Å². The van der Waals surface area contributed by atoms with E-state index < -0.39 is 24.0 Å². The number of alkyl halides is 3. The Bertz CT molecular complexity index is 737. The van der Waals surface area contributed by atoms with E-state index in [0.29, 0.717) is 11.1 Å². The zero-order valence-electron chi connectivity index (χ0n) is 11.5. The summed E-state index contributed by atoms with van der Waals surface area (Å²) in [6, 6.07) is 12.4. The first-order valence-corrected chi connectivity index (χ1v) is 6.81. The van der Waals surface area contributed by atoms with Crippen molar-refractivity contribution < 1.29 is 23.1 Å². The molecule has 5 heteroatoms. The first-order chi connectivity index (χ1) is 10.3. The van der Waals surface area contributed by atoms with Crippen molar-refractivity contribution >= 4 is 5.78 Å². The zero-order chi connectivity index (χ0) is 16.0. The maximum Gasteiger partial charge on any atom is 0.421 e. The Kier molecular flexibility index (Phi) is 3.33. The maximum atomic E-state index is 13.5. The van der Waals surface area contributed by atoms with E-state index in [0.717, 1.165) is 0 Å². The minimum absolute atomic E-state index is 0.177.